The first-order valence-corrected chi connectivity index (χ1v) is 3.76. The fourth-order valence-corrected chi connectivity index (χ4v) is 0.700. The summed E-state index contributed by atoms with van der Waals surface area (Å²) in [5.41, 5.74) is 7.63. The number of anilines is 2. The first-order chi connectivity index (χ1) is 6.11. The standard InChI is InChI=1S/C6H12N6O/c1-3(2)13-6-10-4(7)9-5(11-6)12-8/h3H,8H2,1-2H3,(H3,7,9,10,11,12). The first-order valence-electron chi connectivity index (χ1n) is 3.76. The van der Waals surface area contributed by atoms with Gasteiger partial charge >= 0.3 is 6.01 Å². The van der Waals surface area contributed by atoms with Gasteiger partial charge in [0, 0.05) is 0 Å². The van der Waals surface area contributed by atoms with Crippen molar-refractivity contribution in [2.24, 2.45) is 5.84 Å². The van der Waals surface area contributed by atoms with E-state index in [-0.39, 0.29) is 24.0 Å². The summed E-state index contributed by atoms with van der Waals surface area (Å²) in [7, 11) is 0. The second-order valence-electron chi connectivity index (χ2n) is 2.61. The van der Waals surface area contributed by atoms with Gasteiger partial charge in [0.05, 0.1) is 6.10 Å². The van der Waals surface area contributed by atoms with Crippen LogP contribution < -0.4 is 21.7 Å². The first kappa shape index (κ1) is 9.46. The lowest BCUT2D eigenvalue weighted by atomic mass is 10.5. The van der Waals surface area contributed by atoms with Crippen molar-refractivity contribution in [2.75, 3.05) is 11.2 Å². The van der Waals surface area contributed by atoms with Crippen LogP contribution in [-0.4, -0.2) is 21.1 Å². The summed E-state index contributed by atoms with van der Waals surface area (Å²) in [4.78, 5) is 11.3. The van der Waals surface area contributed by atoms with Crippen molar-refractivity contribution in [3.05, 3.63) is 0 Å². The number of nitrogens with two attached hydrogens (primary N) is 2. The normalized spacial score (nSPS) is 10.2. The Labute approximate surface area is 75.5 Å². The highest BCUT2D eigenvalue weighted by Crippen LogP contribution is 2.08. The molecule has 0 saturated carbocycles. The topological polar surface area (TPSA) is 112 Å². The maximum absolute atomic E-state index is 5.37. The van der Waals surface area contributed by atoms with Crippen molar-refractivity contribution in [1.29, 1.82) is 0 Å². The van der Waals surface area contributed by atoms with Crippen molar-refractivity contribution in [3.63, 3.8) is 0 Å². The quantitative estimate of drug-likeness (QED) is 0.430. The van der Waals surface area contributed by atoms with E-state index < -0.39 is 0 Å². The monoisotopic (exact) mass is 184 g/mol. The van der Waals surface area contributed by atoms with E-state index in [1.54, 1.807) is 0 Å². The Morgan fingerprint density at radius 1 is 1.31 bits per heavy atom. The lowest BCUT2D eigenvalue weighted by Crippen LogP contribution is -2.15. The molecule has 0 atom stereocenters. The van der Waals surface area contributed by atoms with Crippen molar-refractivity contribution in [1.82, 2.24) is 15.0 Å². The molecule has 1 aromatic heterocycles. The van der Waals surface area contributed by atoms with Gasteiger partial charge in [-0.05, 0) is 13.8 Å². The molecule has 5 N–H and O–H groups in total. The van der Waals surface area contributed by atoms with Crippen LogP contribution in [-0.2, 0) is 0 Å². The molecule has 0 saturated heterocycles. The SMILES string of the molecule is CC(C)Oc1nc(N)nc(NN)n1. The molecule has 0 bridgehead atoms. The summed E-state index contributed by atoms with van der Waals surface area (Å²) in [5, 5.41) is 0. The maximum Gasteiger partial charge on any atom is 0.323 e. The average molecular weight is 184 g/mol. The van der Waals surface area contributed by atoms with Gasteiger partial charge in [0.15, 0.2) is 0 Å². The second-order valence-corrected chi connectivity index (χ2v) is 2.61. The third kappa shape index (κ3) is 2.71. The Bertz CT molecular complexity index is 288. The van der Waals surface area contributed by atoms with E-state index in [0.29, 0.717) is 0 Å². The zero-order valence-electron chi connectivity index (χ0n) is 7.48. The molecule has 7 heteroatoms. The number of rotatable bonds is 3. The number of ether oxygens (including phenoxy) is 1. The predicted molar refractivity (Wildman–Crippen MR) is 47.8 cm³/mol. The molecule has 13 heavy (non-hydrogen) atoms. The van der Waals surface area contributed by atoms with Crippen LogP contribution in [0.4, 0.5) is 11.9 Å². The van der Waals surface area contributed by atoms with Gasteiger partial charge in [-0.15, -0.1) is 0 Å². The molecule has 0 spiro atoms. The van der Waals surface area contributed by atoms with Crippen molar-refractivity contribution < 1.29 is 4.74 Å². The lowest BCUT2D eigenvalue weighted by molar-refractivity contribution is 0.222. The zero-order chi connectivity index (χ0) is 9.84. The lowest BCUT2D eigenvalue weighted by Gasteiger charge is -2.08. The van der Waals surface area contributed by atoms with Crippen LogP contribution in [0.5, 0.6) is 6.01 Å². The molecule has 1 rings (SSSR count). The number of nitrogens with zero attached hydrogens (tertiary/aromatic N) is 3. The number of hydrazine groups is 1. The maximum atomic E-state index is 5.37. The summed E-state index contributed by atoms with van der Waals surface area (Å²) in [6, 6.07) is 0.162. The molecule has 0 aromatic carbocycles. The number of hydrogen-bond acceptors (Lipinski definition) is 7. The number of aromatic nitrogens is 3. The van der Waals surface area contributed by atoms with Crippen LogP contribution in [0.1, 0.15) is 13.8 Å². The van der Waals surface area contributed by atoms with E-state index in [1.807, 2.05) is 13.8 Å². The van der Waals surface area contributed by atoms with E-state index in [9.17, 15) is 0 Å². The molecular weight excluding hydrogens is 172 g/mol. The summed E-state index contributed by atoms with van der Waals surface area (Å²) < 4.78 is 5.20. The van der Waals surface area contributed by atoms with Gasteiger partial charge in [-0.3, -0.25) is 5.43 Å². The van der Waals surface area contributed by atoms with Crippen LogP contribution in [0, 0.1) is 0 Å². The van der Waals surface area contributed by atoms with Crippen molar-refractivity contribution in [3.8, 4) is 6.01 Å². The van der Waals surface area contributed by atoms with Crippen molar-refractivity contribution >= 4 is 11.9 Å². The third-order valence-corrected chi connectivity index (χ3v) is 1.10. The van der Waals surface area contributed by atoms with E-state index in [0.717, 1.165) is 0 Å². The Morgan fingerprint density at radius 2 is 2.00 bits per heavy atom. The minimum Gasteiger partial charge on any atom is -0.461 e. The summed E-state index contributed by atoms with van der Waals surface area (Å²) in [6.45, 7) is 3.71. The number of nitrogen functional groups attached to an aromatic ring is 2. The molecule has 0 amide bonds. The second kappa shape index (κ2) is 3.85. The molecule has 72 valence electrons. The van der Waals surface area contributed by atoms with Crippen LogP contribution in [0.15, 0.2) is 0 Å². The van der Waals surface area contributed by atoms with Crippen molar-refractivity contribution in [2.45, 2.75) is 20.0 Å². The molecule has 7 nitrogen and oxygen atoms in total. The van der Waals surface area contributed by atoms with Crippen LogP contribution >= 0.6 is 0 Å². The molecular formula is C6H12N6O. The largest absolute Gasteiger partial charge is 0.461 e. The van der Waals surface area contributed by atoms with Gasteiger partial charge in [0.25, 0.3) is 0 Å². The van der Waals surface area contributed by atoms with Gasteiger partial charge in [-0.2, -0.15) is 15.0 Å². The summed E-state index contributed by atoms with van der Waals surface area (Å²) in [5.74, 6) is 5.36. The van der Waals surface area contributed by atoms with Gasteiger partial charge in [0.1, 0.15) is 0 Å². The Balaban J connectivity index is 2.88. The van der Waals surface area contributed by atoms with E-state index in [4.69, 9.17) is 16.3 Å². The Hall–Kier alpha value is -1.63. The van der Waals surface area contributed by atoms with Crippen LogP contribution in [0.3, 0.4) is 0 Å². The van der Waals surface area contributed by atoms with E-state index in [2.05, 4.69) is 20.4 Å². The summed E-state index contributed by atoms with van der Waals surface area (Å²) >= 11 is 0. The van der Waals surface area contributed by atoms with Gasteiger partial charge < -0.3 is 10.5 Å². The zero-order valence-corrected chi connectivity index (χ0v) is 7.48. The third-order valence-electron chi connectivity index (χ3n) is 1.10. The van der Waals surface area contributed by atoms with E-state index >= 15 is 0 Å². The Morgan fingerprint density at radius 3 is 2.54 bits per heavy atom. The molecule has 0 aliphatic carbocycles. The average Bonchev–Trinajstić information content (AvgIpc) is 2.01. The summed E-state index contributed by atoms with van der Waals surface area (Å²) in [6.07, 6.45) is -0.0209. The van der Waals surface area contributed by atoms with E-state index in [1.165, 1.54) is 0 Å². The highest BCUT2D eigenvalue weighted by atomic mass is 16.5. The smallest absolute Gasteiger partial charge is 0.323 e. The molecule has 1 aromatic rings. The fraction of sp³-hybridized carbons (Fsp3) is 0.500. The van der Waals surface area contributed by atoms with Crippen LogP contribution in [0.2, 0.25) is 0 Å². The van der Waals surface area contributed by atoms with Gasteiger partial charge in [-0.1, -0.05) is 0 Å². The minimum absolute atomic E-state index is 0.0209. The number of nitrogens with one attached hydrogen (secondary N) is 1. The molecule has 0 radical (unpaired) electrons. The fourth-order valence-electron chi connectivity index (χ4n) is 0.700. The van der Waals surface area contributed by atoms with Gasteiger partial charge in [-0.25, -0.2) is 5.84 Å². The molecule has 0 unspecified atom stereocenters. The van der Waals surface area contributed by atoms with Crippen LogP contribution in [0.25, 0.3) is 0 Å². The molecule has 1 heterocycles. The number of hydrogen-bond donors (Lipinski definition) is 3. The molecule has 0 aliphatic rings. The predicted octanol–water partition coefficient (Wildman–Crippen LogP) is -0.473. The molecule has 0 aliphatic heterocycles. The Kier molecular flexibility index (Phi) is 2.80. The van der Waals surface area contributed by atoms with Gasteiger partial charge in [0.2, 0.25) is 11.9 Å². The highest BCUT2D eigenvalue weighted by Gasteiger charge is 2.05. The molecule has 0 fully saturated rings. The highest BCUT2D eigenvalue weighted by molar-refractivity contribution is 5.30. The minimum atomic E-state index is -0.0209.